The molecule has 0 unspecified atom stereocenters. The van der Waals surface area contributed by atoms with Crippen molar-refractivity contribution in [3.8, 4) is 0 Å². The van der Waals surface area contributed by atoms with Crippen molar-refractivity contribution in [1.29, 1.82) is 0 Å². The second-order valence-electron chi connectivity index (χ2n) is 5.17. The van der Waals surface area contributed by atoms with Crippen LogP contribution in [-0.4, -0.2) is 11.9 Å². The van der Waals surface area contributed by atoms with Crippen LogP contribution in [-0.2, 0) is 9.53 Å². The number of rotatable bonds is 3. The van der Waals surface area contributed by atoms with Crippen LogP contribution in [0.2, 0.25) is 0 Å². The molecule has 0 saturated heterocycles. The minimum absolute atomic E-state index is 0.298. The van der Waals surface area contributed by atoms with E-state index in [0.29, 0.717) is 11.6 Å². The zero-order chi connectivity index (χ0) is 16.2. The van der Waals surface area contributed by atoms with Gasteiger partial charge in [0.1, 0.15) is 0 Å². The third kappa shape index (κ3) is 4.05. The predicted octanol–water partition coefficient (Wildman–Crippen LogP) is 4.77. The lowest BCUT2D eigenvalue weighted by Crippen LogP contribution is -2.01. The molecule has 3 nitrogen and oxygen atoms in total. The summed E-state index contributed by atoms with van der Waals surface area (Å²) in [6.45, 7) is 2.04. The highest BCUT2D eigenvalue weighted by molar-refractivity contribution is 9.10. The predicted molar refractivity (Wildman–Crippen MR) is 95.9 cm³/mol. The van der Waals surface area contributed by atoms with Gasteiger partial charge in [-0.15, -0.1) is 0 Å². The second-order valence-corrected chi connectivity index (χ2v) is 6.08. The Morgan fingerprint density at radius 1 is 1.04 bits per heavy atom. The summed E-state index contributed by atoms with van der Waals surface area (Å²) in [6.07, 6.45) is 5.28. The third-order valence-corrected chi connectivity index (χ3v) is 3.78. The lowest BCUT2D eigenvalue weighted by atomic mass is 10.1. The van der Waals surface area contributed by atoms with Gasteiger partial charge in [0.15, 0.2) is 5.70 Å². The van der Waals surface area contributed by atoms with Crippen molar-refractivity contribution >= 4 is 39.9 Å². The molecule has 1 heterocycles. The Morgan fingerprint density at radius 3 is 2.57 bits per heavy atom. The fourth-order valence-electron chi connectivity index (χ4n) is 2.10. The number of halogens is 1. The number of benzene rings is 2. The Kier molecular flexibility index (Phi) is 4.53. The first-order chi connectivity index (χ1) is 11.1. The van der Waals surface area contributed by atoms with E-state index in [1.54, 1.807) is 12.2 Å². The molecular weight excluding hydrogens is 354 g/mol. The standard InChI is InChI=1S/C19H14BrNO2/c1-13-5-7-14(8-6-13)9-10-18-21-17(19(22)23-18)12-15-3-2-4-16(20)11-15/h2-12H,1H3. The van der Waals surface area contributed by atoms with Gasteiger partial charge in [-0.25, -0.2) is 9.79 Å². The highest BCUT2D eigenvalue weighted by Crippen LogP contribution is 2.19. The Bertz CT molecular complexity index is 833. The van der Waals surface area contributed by atoms with Gasteiger partial charge in [0.2, 0.25) is 5.90 Å². The number of carbonyl (C=O) groups is 1. The number of aryl methyl sites for hydroxylation is 1. The molecule has 0 N–H and O–H groups in total. The Morgan fingerprint density at radius 2 is 1.83 bits per heavy atom. The monoisotopic (exact) mass is 367 g/mol. The molecule has 3 rings (SSSR count). The first-order valence-electron chi connectivity index (χ1n) is 7.13. The maximum Gasteiger partial charge on any atom is 0.363 e. The highest BCUT2D eigenvalue weighted by atomic mass is 79.9. The molecule has 0 bridgehead atoms. The number of nitrogens with zero attached hydrogens (tertiary/aromatic N) is 1. The fourth-order valence-corrected chi connectivity index (χ4v) is 2.51. The number of carbonyl (C=O) groups excluding carboxylic acids is 1. The maximum absolute atomic E-state index is 11.9. The molecular formula is C19H14BrNO2. The molecule has 0 spiro atoms. The molecule has 1 aliphatic rings. The average molecular weight is 368 g/mol. The summed E-state index contributed by atoms with van der Waals surface area (Å²) in [7, 11) is 0. The van der Waals surface area contributed by atoms with Gasteiger partial charge < -0.3 is 4.74 Å². The van der Waals surface area contributed by atoms with E-state index in [4.69, 9.17) is 4.74 Å². The molecule has 0 saturated carbocycles. The first-order valence-corrected chi connectivity index (χ1v) is 7.92. The summed E-state index contributed by atoms with van der Waals surface area (Å²) in [4.78, 5) is 16.1. The molecule has 0 aromatic heterocycles. The third-order valence-electron chi connectivity index (χ3n) is 3.28. The summed E-state index contributed by atoms with van der Waals surface area (Å²) in [6, 6.07) is 15.7. The number of hydrogen-bond acceptors (Lipinski definition) is 3. The molecule has 0 aliphatic carbocycles. The van der Waals surface area contributed by atoms with Crippen molar-refractivity contribution in [3.63, 3.8) is 0 Å². The summed E-state index contributed by atoms with van der Waals surface area (Å²) in [5, 5.41) is 0. The van der Waals surface area contributed by atoms with Crippen LogP contribution in [0.25, 0.3) is 12.2 Å². The van der Waals surface area contributed by atoms with Crippen LogP contribution in [0.4, 0.5) is 0 Å². The van der Waals surface area contributed by atoms with Gasteiger partial charge >= 0.3 is 5.97 Å². The van der Waals surface area contributed by atoms with Gasteiger partial charge in [-0.05, 0) is 42.3 Å². The highest BCUT2D eigenvalue weighted by Gasteiger charge is 2.20. The van der Waals surface area contributed by atoms with Gasteiger partial charge in [0.25, 0.3) is 0 Å². The Balaban J connectivity index is 1.79. The van der Waals surface area contributed by atoms with Crippen molar-refractivity contribution in [2.24, 2.45) is 4.99 Å². The van der Waals surface area contributed by atoms with Crippen molar-refractivity contribution in [2.75, 3.05) is 0 Å². The van der Waals surface area contributed by atoms with Crippen LogP contribution in [0.15, 0.2) is 69.8 Å². The Labute approximate surface area is 143 Å². The van der Waals surface area contributed by atoms with Crippen molar-refractivity contribution < 1.29 is 9.53 Å². The Hall–Kier alpha value is -2.46. The lowest BCUT2D eigenvalue weighted by molar-refractivity contribution is -0.129. The molecule has 23 heavy (non-hydrogen) atoms. The summed E-state index contributed by atoms with van der Waals surface area (Å²) in [5.41, 5.74) is 3.41. The van der Waals surface area contributed by atoms with E-state index in [0.717, 1.165) is 15.6 Å². The zero-order valence-corrected chi connectivity index (χ0v) is 14.1. The van der Waals surface area contributed by atoms with Gasteiger partial charge in [-0.2, -0.15) is 0 Å². The van der Waals surface area contributed by atoms with E-state index in [1.165, 1.54) is 5.56 Å². The largest absolute Gasteiger partial charge is 0.403 e. The van der Waals surface area contributed by atoms with Crippen LogP contribution in [0.3, 0.4) is 0 Å². The van der Waals surface area contributed by atoms with E-state index < -0.39 is 5.97 Å². The van der Waals surface area contributed by atoms with Gasteiger partial charge in [-0.1, -0.05) is 57.9 Å². The number of cyclic esters (lactones) is 1. The fraction of sp³-hybridized carbons (Fsp3) is 0.0526. The van der Waals surface area contributed by atoms with Crippen molar-refractivity contribution in [1.82, 2.24) is 0 Å². The first kappa shape index (κ1) is 15.4. The average Bonchev–Trinajstić information content (AvgIpc) is 2.87. The van der Waals surface area contributed by atoms with Gasteiger partial charge in [0.05, 0.1) is 0 Å². The summed E-state index contributed by atoms with van der Waals surface area (Å²) >= 11 is 3.40. The van der Waals surface area contributed by atoms with E-state index in [-0.39, 0.29) is 0 Å². The van der Waals surface area contributed by atoms with Crippen molar-refractivity contribution in [2.45, 2.75) is 6.92 Å². The second kappa shape index (κ2) is 6.75. The van der Waals surface area contributed by atoms with Crippen LogP contribution in [0.5, 0.6) is 0 Å². The molecule has 114 valence electrons. The normalized spacial score (nSPS) is 16.0. The SMILES string of the molecule is Cc1ccc(C=CC2=NC(=Cc3cccc(Br)c3)C(=O)O2)cc1. The van der Waals surface area contributed by atoms with Crippen LogP contribution in [0, 0.1) is 6.92 Å². The van der Waals surface area contributed by atoms with Crippen LogP contribution >= 0.6 is 15.9 Å². The summed E-state index contributed by atoms with van der Waals surface area (Å²) < 4.78 is 6.11. The molecule has 2 aromatic rings. The topological polar surface area (TPSA) is 38.7 Å². The number of ether oxygens (including phenoxy) is 1. The van der Waals surface area contributed by atoms with E-state index >= 15 is 0 Å². The quantitative estimate of drug-likeness (QED) is 0.578. The zero-order valence-electron chi connectivity index (χ0n) is 12.5. The molecule has 0 radical (unpaired) electrons. The molecule has 0 fully saturated rings. The minimum atomic E-state index is -0.437. The van der Waals surface area contributed by atoms with Crippen molar-refractivity contribution in [3.05, 3.63) is 81.5 Å². The molecule has 0 atom stereocenters. The number of esters is 1. The molecule has 0 amide bonds. The number of aliphatic imine (C=N–C) groups is 1. The molecule has 1 aliphatic heterocycles. The van der Waals surface area contributed by atoms with E-state index in [9.17, 15) is 4.79 Å². The minimum Gasteiger partial charge on any atom is -0.403 e. The molecule has 2 aromatic carbocycles. The maximum atomic E-state index is 11.9. The molecule has 4 heteroatoms. The lowest BCUT2D eigenvalue weighted by Gasteiger charge is -1.95. The van der Waals surface area contributed by atoms with Crippen LogP contribution in [0.1, 0.15) is 16.7 Å². The van der Waals surface area contributed by atoms with Crippen LogP contribution < -0.4 is 0 Å². The van der Waals surface area contributed by atoms with Gasteiger partial charge in [-0.3, -0.25) is 0 Å². The summed E-state index contributed by atoms with van der Waals surface area (Å²) in [5.74, 6) is -0.134. The van der Waals surface area contributed by atoms with Gasteiger partial charge in [0, 0.05) is 10.5 Å². The smallest absolute Gasteiger partial charge is 0.363 e. The van der Waals surface area contributed by atoms with E-state index in [2.05, 4.69) is 20.9 Å². The van der Waals surface area contributed by atoms with E-state index in [1.807, 2.05) is 61.5 Å². The number of hydrogen-bond donors (Lipinski definition) is 0.